The fourth-order valence-corrected chi connectivity index (χ4v) is 5.19. The van der Waals surface area contributed by atoms with Gasteiger partial charge in [-0.1, -0.05) is 79.7 Å². The van der Waals surface area contributed by atoms with Crippen molar-refractivity contribution in [1.29, 1.82) is 0 Å². The zero-order valence-corrected chi connectivity index (χ0v) is 16.8. The van der Waals surface area contributed by atoms with Crippen molar-refractivity contribution in [2.45, 2.75) is 24.3 Å². The molecule has 0 aliphatic rings. The Morgan fingerprint density at radius 1 is 0.897 bits per heavy atom. The molecule has 0 aromatic heterocycles. The van der Waals surface area contributed by atoms with Gasteiger partial charge in [0, 0.05) is 12.6 Å². The van der Waals surface area contributed by atoms with Crippen LogP contribution in [0.5, 0.6) is 0 Å². The molecule has 29 heavy (non-hydrogen) atoms. The fraction of sp³-hybridized carbons (Fsp3) is 0.182. The van der Waals surface area contributed by atoms with E-state index in [1.54, 1.807) is 6.92 Å². The van der Waals surface area contributed by atoms with E-state index in [2.05, 4.69) is 0 Å². The van der Waals surface area contributed by atoms with Crippen LogP contribution in [0.2, 0.25) is 0 Å². The smallest absolute Gasteiger partial charge is 0.258 e. The Morgan fingerprint density at radius 2 is 1.45 bits per heavy atom. The van der Waals surface area contributed by atoms with Crippen LogP contribution in [0, 0.1) is 10.1 Å². The number of benzene rings is 3. The van der Waals surface area contributed by atoms with Gasteiger partial charge in [-0.05, 0) is 23.6 Å². The summed E-state index contributed by atoms with van der Waals surface area (Å²) in [4.78, 5) is 10.5. The number of para-hydroxylation sites is 1. The number of hydrogen-bond donors (Lipinski definition) is 0. The van der Waals surface area contributed by atoms with E-state index in [0.29, 0.717) is 6.42 Å². The number of rotatable bonds is 8. The van der Waals surface area contributed by atoms with E-state index in [1.807, 2.05) is 60.7 Å². The van der Waals surface area contributed by atoms with E-state index in [0.717, 1.165) is 11.1 Å². The summed E-state index contributed by atoms with van der Waals surface area (Å²) in [6.07, 6.45) is 0.457. The standard InChI is InChI=1S/C22H22N2O4S/c1-2-23(29(27,28)22-16-10-9-15-20(22)24(25)26)21(19-13-7-4-8-14-19)17-18-11-5-3-6-12-18/h3-16,21H,2,17H2,1H3. The molecule has 0 radical (unpaired) electrons. The van der Waals surface area contributed by atoms with Crippen molar-refractivity contribution >= 4 is 15.7 Å². The van der Waals surface area contributed by atoms with Crippen LogP contribution < -0.4 is 0 Å². The van der Waals surface area contributed by atoms with Crippen molar-refractivity contribution in [3.05, 3.63) is 106 Å². The Hall–Kier alpha value is -3.03. The molecule has 0 fully saturated rings. The Bertz CT molecular complexity index is 1070. The summed E-state index contributed by atoms with van der Waals surface area (Å²) in [5.74, 6) is 0. The number of sulfonamides is 1. The topological polar surface area (TPSA) is 80.5 Å². The van der Waals surface area contributed by atoms with E-state index in [9.17, 15) is 18.5 Å². The molecule has 0 spiro atoms. The SMILES string of the molecule is CCN(C(Cc1ccccc1)c1ccccc1)S(=O)(=O)c1ccccc1[N+](=O)[O-]. The molecule has 0 saturated heterocycles. The minimum Gasteiger partial charge on any atom is -0.258 e. The summed E-state index contributed by atoms with van der Waals surface area (Å²) in [5.41, 5.74) is 1.40. The Morgan fingerprint density at radius 3 is 2.03 bits per heavy atom. The van der Waals surface area contributed by atoms with Crippen LogP contribution in [0.25, 0.3) is 0 Å². The van der Waals surface area contributed by atoms with Crippen molar-refractivity contribution in [3.63, 3.8) is 0 Å². The summed E-state index contributed by atoms with van der Waals surface area (Å²) < 4.78 is 28.4. The van der Waals surface area contributed by atoms with E-state index in [-0.39, 0.29) is 11.4 Å². The van der Waals surface area contributed by atoms with Gasteiger partial charge < -0.3 is 0 Å². The first-order chi connectivity index (χ1) is 13.9. The number of likely N-dealkylation sites (N-methyl/N-ethyl adjacent to an activating group) is 1. The predicted molar refractivity (Wildman–Crippen MR) is 112 cm³/mol. The molecule has 3 aromatic rings. The highest BCUT2D eigenvalue weighted by atomic mass is 32.2. The second-order valence-corrected chi connectivity index (χ2v) is 8.41. The lowest BCUT2D eigenvalue weighted by atomic mass is 9.99. The van der Waals surface area contributed by atoms with E-state index < -0.39 is 26.7 Å². The number of nitro benzene ring substituents is 1. The van der Waals surface area contributed by atoms with Crippen molar-refractivity contribution in [3.8, 4) is 0 Å². The van der Waals surface area contributed by atoms with Gasteiger partial charge in [0.15, 0.2) is 4.90 Å². The van der Waals surface area contributed by atoms with Gasteiger partial charge >= 0.3 is 0 Å². The monoisotopic (exact) mass is 410 g/mol. The van der Waals surface area contributed by atoms with Gasteiger partial charge in [-0.25, -0.2) is 8.42 Å². The van der Waals surface area contributed by atoms with Crippen molar-refractivity contribution in [1.82, 2.24) is 4.31 Å². The van der Waals surface area contributed by atoms with Gasteiger partial charge in [0.25, 0.3) is 5.69 Å². The first-order valence-electron chi connectivity index (χ1n) is 9.29. The summed E-state index contributed by atoms with van der Waals surface area (Å²) >= 11 is 0. The summed E-state index contributed by atoms with van der Waals surface area (Å²) in [5, 5.41) is 11.4. The van der Waals surface area contributed by atoms with Crippen LogP contribution in [0.4, 0.5) is 5.69 Å². The normalized spacial score (nSPS) is 12.6. The molecular weight excluding hydrogens is 388 g/mol. The third-order valence-electron chi connectivity index (χ3n) is 4.76. The van der Waals surface area contributed by atoms with Crippen LogP contribution in [0.3, 0.4) is 0 Å². The second kappa shape index (κ2) is 8.98. The average Bonchev–Trinajstić information content (AvgIpc) is 2.74. The molecule has 1 atom stereocenters. The van der Waals surface area contributed by atoms with Gasteiger partial charge in [0.2, 0.25) is 10.0 Å². The van der Waals surface area contributed by atoms with Gasteiger partial charge in [-0.2, -0.15) is 4.31 Å². The lowest BCUT2D eigenvalue weighted by Gasteiger charge is -2.30. The van der Waals surface area contributed by atoms with Crippen LogP contribution >= 0.6 is 0 Å². The zero-order valence-electron chi connectivity index (χ0n) is 16.0. The number of nitro groups is 1. The van der Waals surface area contributed by atoms with Crippen LogP contribution in [-0.4, -0.2) is 24.2 Å². The predicted octanol–water partition coefficient (Wildman–Crippen LogP) is 4.59. The molecular formula is C22H22N2O4S. The largest absolute Gasteiger partial charge is 0.289 e. The highest BCUT2D eigenvalue weighted by Crippen LogP contribution is 2.33. The third kappa shape index (κ3) is 4.52. The summed E-state index contributed by atoms with van der Waals surface area (Å²) in [6, 6.07) is 23.9. The first-order valence-corrected chi connectivity index (χ1v) is 10.7. The number of hydrogen-bond acceptors (Lipinski definition) is 4. The lowest BCUT2D eigenvalue weighted by molar-refractivity contribution is -0.387. The average molecular weight is 410 g/mol. The summed E-state index contributed by atoms with van der Waals surface area (Å²) in [7, 11) is -4.10. The molecule has 3 aromatic carbocycles. The maximum Gasteiger partial charge on any atom is 0.289 e. The van der Waals surface area contributed by atoms with E-state index in [1.165, 1.54) is 28.6 Å². The van der Waals surface area contributed by atoms with Crippen molar-refractivity contribution in [2.75, 3.05) is 6.54 Å². The van der Waals surface area contributed by atoms with Crippen molar-refractivity contribution in [2.24, 2.45) is 0 Å². The highest BCUT2D eigenvalue weighted by molar-refractivity contribution is 7.89. The molecule has 6 nitrogen and oxygen atoms in total. The molecule has 0 saturated carbocycles. The highest BCUT2D eigenvalue weighted by Gasteiger charge is 2.35. The van der Waals surface area contributed by atoms with Crippen LogP contribution in [0.15, 0.2) is 89.8 Å². The minimum atomic E-state index is -4.10. The van der Waals surface area contributed by atoms with Gasteiger partial charge in [-0.15, -0.1) is 0 Å². The molecule has 0 aliphatic heterocycles. The fourth-order valence-electron chi connectivity index (χ4n) is 3.41. The minimum absolute atomic E-state index is 0.181. The first kappa shape index (κ1) is 20.7. The zero-order chi connectivity index (χ0) is 20.9. The molecule has 7 heteroatoms. The Labute approximate surface area is 170 Å². The molecule has 150 valence electrons. The maximum atomic E-state index is 13.5. The van der Waals surface area contributed by atoms with E-state index in [4.69, 9.17) is 0 Å². The van der Waals surface area contributed by atoms with Crippen molar-refractivity contribution < 1.29 is 13.3 Å². The third-order valence-corrected chi connectivity index (χ3v) is 6.80. The molecule has 3 rings (SSSR count). The molecule has 0 amide bonds. The van der Waals surface area contributed by atoms with E-state index >= 15 is 0 Å². The maximum absolute atomic E-state index is 13.5. The van der Waals surface area contributed by atoms with Crippen LogP contribution in [0.1, 0.15) is 24.1 Å². The van der Waals surface area contributed by atoms with Gasteiger partial charge in [0.05, 0.1) is 11.0 Å². The Balaban J connectivity index is 2.11. The second-order valence-electron chi connectivity index (χ2n) is 6.55. The van der Waals surface area contributed by atoms with Gasteiger partial charge in [-0.3, -0.25) is 10.1 Å². The van der Waals surface area contributed by atoms with Gasteiger partial charge in [0.1, 0.15) is 0 Å². The quantitative estimate of drug-likeness (QED) is 0.402. The van der Waals surface area contributed by atoms with Crippen LogP contribution in [-0.2, 0) is 16.4 Å². The molecule has 0 bridgehead atoms. The molecule has 0 heterocycles. The lowest BCUT2D eigenvalue weighted by Crippen LogP contribution is -2.36. The molecule has 0 N–H and O–H groups in total. The number of nitrogens with zero attached hydrogens (tertiary/aromatic N) is 2. The Kier molecular flexibility index (Phi) is 6.41. The molecule has 0 aliphatic carbocycles. The summed E-state index contributed by atoms with van der Waals surface area (Å²) in [6.45, 7) is 1.92. The molecule has 1 unspecified atom stereocenters.